The molecular formula is C52H49F9O9. The zero-order valence-corrected chi connectivity index (χ0v) is 38.2. The van der Waals surface area contributed by atoms with Gasteiger partial charge in [0, 0.05) is 24.3 Å². The number of halogens is 9. The minimum absolute atomic E-state index is 0.00293. The van der Waals surface area contributed by atoms with Gasteiger partial charge in [0.1, 0.15) is 17.2 Å². The van der Waals surface area contributed by atoms with E-state index in [0.717, 1.165) is 56.4 Å². The summed E-state index contributed by atoms with van der Waals surface area (Å²) in [4.78, 5) is 35.9. The van der Waals surface area contributed by atoms with Crippen LogP contribution in [-0.2, 0) is 23.8 Å². The van der Waals surface area contributed by atoms with Gasteiger partial charge < -0.3 is 28.4 Å². The van der Waals surface area contributed by atoms with Crippen molar-refractivity contribution in [3.8, 4) is 28.4 Å². The summed E-state index contributed by atoms with van der Waals surface area (Å²) in [5, 5.41) is 0. The molecule has 0 radical (unpaired) electrons. The average Bonchev–Trinajstić information content (AvgIpc) is 3.35. The summed E-state index contributed by atoms with van der Waals surface area (Å²) in [5.41, 5.74) is 1.86. The molecule has 374 valence electrons. The van der Waals surface area contributed by atoms with Crippen LogP contribution in [0.2, 0.25) is 0 Å². The van der Waals surface area contributed by atoms with Crippen LogP contribution < -0.4 is 14.2 Å². The minimum atomic E-state index is -1.60. The van der Waals surface area contributed by atoms with E-state index in [-0.39, 0.29) is 23.0 Å². The monoisotopic (exact) mass is 988 g/mol. The quantitative estimate of drug-likeness (QED) is 0.0617. The van der Waals surface area contributed by atoms with E-state index < -0.39 is 88.2 Å². The van der Waals surface area contributed by atoms with E-state index in [0.29, 0.717) is 79.4 Å². The maximum absolute atomic E-state index is 13.3. The lowest BCUT2D eigenvalue weighted by molar-refractivity contribution is -0.152. The highest BCUT2D eigenvalue weighted by molar-refractivity contribution is 5.91. The van der Waals surface area contributed by atoms with E-state index in [4.69, 9.17) is 28.4 Å². The lowest BCUT2D eigenvalue weighted by atomic mass is 9.93. The van der Waals surface area contributed by atoms with Gasteiger partial charge in [-0.2, -0.15) is 0 Å². The van der Waals surface area contributed by atoms with Crippen molar-refractivity contribution in [3.63, 3.8) is 0 Å². The van der Waals surface area contributed by atoms with E-state index in [1.165, 1.54) is 12.1 Å². The smallest absolute Gasteiger partial charge is 0.343 e. The second-order valence-corrected chi connectivity index (χ2v) is 17.2. The molecule has 3 heterocycles. The van der Waals surface area contributed by atoms with Crippen LogP contribution in [0, 0.1) is 70.1 Å². The summed E-state index contributed by atoms with van der Waals surface area (Å²) in [6.45, 7) is 7.89. The average molecular weight is 989 g/mol. The Labute approximate surface area is 397 Å². The van der Waals surface area contributed by atoms with Gasteiger partial charge in [0.05, 0.1) is 31.5 Å². The fourth-order valence-corrected chi connectivity index (χ4v) is 7.51. The first-order valence-corrected chi connectivity index (χ1v) is 22.5. The fourth-order valence-electron chi connectivity index (χ4n) is 7.51. The van der Waals surface area contributed by atoms with Crippen LogP contribution in [0.5, 0.6) is 17.2 Å². The molecule has 0 bridgehead atoms. The highest BCUT2D eigenvalue weighted by Crippen LogP contribution is 2.33. The molecule has 0 amide bonds. The van der Waals surface area contributed by atoms with Gasteiger partial charge in [0.25, 0.3) is 0 Å². The summed E-state index contributed by atoms with van der Waals surface area (Å²) >= 11 is 0. The van der Waals surface area contributed by atoms with Crippen molar-refractivity contribution in [2.45, 2.75) is 84.0 Å². The van der Waals surface area contributed by atoms with Crippen LogP contribution in [0.3, 0.4) is 0 Å². The van der Waals surface area contributed by atoms with Crippen molar-refractivity contribution in [1.82, 2.24) is 0 Å². The van der Waals surface area contributed by atoms with E-state index >= 15 is 0 Å². The highest BCUT2D eigenvalue weighted by atomic mass is 19.2. The Balaban J connectivity index is 0.000000174. The second kappa shape index (κ2) is 24.5. The van der Waals surface area contributed by atoms with Crippen LogP contribution in [0.25, 0.3) is 11.1 Å². The zero-order valence-electron chi connectivity index (χ0n) is 38.2. The number of esters is 3. The summed E-state index contributed by atoms with van der Waals surface area (Å²) in [7, 11) is 0. The maximum atomic E-state index is 13.3. The lowest BCUT2D eigenvalue weighted by Crippen LogP contribution is -2.34. The van der Waals surface area contributed by atoms with Gasteiger partial charge in [-0.3, -0.25) is 0 Å². The molecule has 70 heavy (non-hydrogen) atoms. The predicted molar refractivity (Wildman–Crippen MR) is 235 cm³/mol. The number of hydrogen-bond donors (Lipinski definition) is 0. The van der Waals surface area contributed by atoms with Gasteiger partial charge in [-0.15, -0.1) is 0 Å². The summed E-state index contributed by atoms with van der Waals surface area (Å²) in [5.74, 6) is -13.9. The molecule has 3 aliphatic heterocycles. The number of carbonyl (C=O) groups excluding carboxylic acids is 3. The Morgan fingerprint density at radius 3 is 1.34 bits per heavy atom. The Hall–Kier alpha value is -6.24. The molecule has 8 rings (SSSR count). The SMILES string of the molecule is CC1CCC(C(=O)Oc2cc(F)c(F)c(F)c2)OC1.CC1CCC(C(=O)Oc2ccc(-c3cc(F)c(F)c(F)c3)cc2)OC1.CCC1CCC(c2ccc(C(=O)Oc3cc(F)c(F)c(F)c3)cc2)OC1. The third-order valence-corrected chi connectivity index (χ3v) is 11.7. The molecule has 18 heteroatoms. The van der Waals surface area contributed by atoms with Gasteiger partial charge >= 0.3 is 17.9 Å². The summed E-state index contributed by atoms with van der Waals surface area (Å²) < 4.78 is 149. The van der Waals surface area contributed by atoms with Crippen molar-refractivity contribution < 1.29 is 82.3 Å². The molecule has 3 fully saturated rings. The zero-order chi connectivity index (χ0) is 50.6. The van der Waals surface area contributed by atoms with Crippen molar-refractivity contribution in [1.29, 1.82) is 0 Å². The molecule has 9 nitrogen and oxygen atoms in total. The number of hydrogen-bond acceptors (Lipinski definition) is 9. The number of rotatable bonds is 9. The fraction of sp³-hybridized carbons (Fsp3) is 0.365. The summed E-state index contributed by atoms with van der Waals surface area (Å²) in [6, 6.07) is 17.1. The van der Waals surface area contributed by atoms with Crippen molar-refractivity contribution in [2.24, 2.45) is 17.8 Å². The van der Waals surface area contributed by atoms with E-state index in [1.807, 2.05) is 6.92 Å². The molecule has 6 atom stereocenters. The van der Waals surface area contributed by atoms with Crippen LogP contribution >= 0.6 is 0 Å². The van der Waals surface area contributed by atoms with Gasteiger partial charge in [0.2, 0.25) is 0 Å². The third kappa shape index (κ3) is 14.4. The molecule has 3 aliphatic rings. The van der Waals surface area contributed by atoms with Crippen LogP contribution in [0.4, 0.5) is 39.5 Å². The van der Waals surface area contributed by atoms with E-state index in [9.17, 15) is 53.9 Å². The highest BCUT2D eigenvalue weighted by Gasteiger charge is 2.29. The predicted octanol–water partition coefficient (Wildman–Crippen LogP) is 12.5. The largest absolute Gasteiger partial charge is 0.425 e. The third-order valence-electron chi connectivity index (χ3n) is 11.7. The van der Waals surface area contributed by atoms with Gasteiger partial charge in [-0.25, -0.2) is 53.9 Å². The molecule has 0 spiro atoms. The molecule has 5 aromatic rings. The van der Waals surface area contributed by atoms with Gasteiger partial charge in [-0.05, 0) is 109 Å². The Morgan fingerprint density at radius 2 is 0.929 bits per heavy atom. The number of benzene rings is 5. The second-order valence-electron chi connectivity index (χ2n) is 17.2. The van der Waals surface area contributed by atoms with E-state index in [1.54, 1.807) is 36.4 Å². The van der Waals surface area contributed by atoms with Gasteiger partial charge in [0.15, 0.2) is 64.6 Å². The molecule has 6 unspecified atom stereocenters. The first-order chi connectivity index (χ1) is 33.4. The standard InChI is InChI=1S/C20H19F3O3.C19H17F3O3.C13H13F3O3/c1-2-12-3-8-18(25-11-12)13-4-6-14(7-5-13)20(24)26-15-9-16(21)19(23)17(22)10-15;1-11-2-7-17(24-10-11)19(23)25-14-5-3-12(4-6-14)13-8-15(20)18(22)16(21)9-13;1-7-2-3-11(18-6-7)13(17)19-8-4-9(14)12(16)10(15)5-8/h4-7,9-10,12,18H,2-3,8,11H2,1H3;3-6,8-9,11,17H,2,7,10H2,1H3;4-5,7,11H,2-3,6H2,1H3. The normalized spacial score (nSPS) is 21.0. The number of carbonyl (C=O) groups is 3. The van der Waals surface area contributed by atoms with Crippen molar-refractivity contribution in [3.05, 3.63) is 148 Å². The lowest BCUT2D eigenvalue weighted by Gasteiger charge is -2.28. The van der Waals surface area contributed by atoms with Crippen molar-refractivity contribution in [2.75, 3.05) is 19.8 Å². The first-order valence-electron chi connectivity index (χ1n) is 22.5. The molecule has 3 saturated heterocycles. The van der Waals surface area contributed by atoms with Crippen LogP contribution in [0.1, 0.15) is 87.7 Å². The molecule has 5 aromatic carbocycles. The first kappa shape index (κ1) is 53.1. The van der Waals surface area contributed by atoms with Crippen LogP contribution in [-0.4, -0.2) is 49.9 Å². The molecule has 0 saturated carbocycles. The van der Waals surface area contributed by atoms with E-state index in [2.05, 4.69) is 13.8 Å². The molecular weight excluding hydrogens is 940 g/mol. The Bertz CT molecular complexity index is 2520. The van der Waals surface area contributed by atoms with Crippen molar-refractivity contribution >= 4 is 17.9 Å². The Morgan fingerprint density at radius 1 is 0.486 bits per heavy atom. The minimum Gasteiger partial charge on any atom is -0.425 e. The number of ether oxygens (including phenoxy) is 6. The maximum Gasteiger partial charge on any atom is 0.343 e. The molecule has 0 aliphatic carbocycles. The summed E-state index contributed by atoms with van der Waals surface area (Å²) in [6.07, 6.45) is 4.64. The Kier molecular flexibility index (Phi) is 18.6. The van der Waals surface area contributed by atoms with Gasteiger partial charge in [-0.1, -0.05) is 51.5 Å². The molecule has 0 aromatic heterocycles. The molecule has 0 N–H and O–H groups in total. The van der Waals surface area contributed by atoms with Crippen LogP contribution in [0.15, 0.2) is 84.9 Å². The topological polar surface area (TPSA) is 107 Å².